The molecule has 9 aromatic carbocycles. The van der Waals surface area contributed by atoms with E-state index in [0.717, 1.165) is 55.7 Å². The predicted octanol–water partition coefficient (Wildman–Crippen LogP) is 13.8. The molecule has 0 aliphatic heterocycles. The third-order valence-electron chi connectivity index (χ3n) is 10.0. The third kappa shape index (κ3) is 4.43. The highest BCUT2D eigenvalue weighted by atomic mass is 16.3. The number of para-hydroxylation sites is 2. The van der Waals surface area contributed by atoms with Crippen LogP contribution in [-0.4, -0.2) is 0 Å². The summed E-state index contributed by atoms with van der Waals surface area (Å²) in [4.78, 5) is 2.47. The van der Waals surface area contributed by atoms with Gasteiger partial charge in [-0.1, -0.05) is 158 Å². The van der Waals surface area contributed by atoms with Crippen molar-refractivity contribution in [3.63, 3.8) is 0 Å². The van der Waals surface area contributed by atoms with Gasteiger partial charge in [0.05, 0.1) is 22.4 Å². The lowest BCUT2D eigenvalue weighted by Crippen LogP contribution is -2.12. The molecule has 0 spiro atoms. The largest absolute Gasteiger partial charge is 0.455 e. The van der Waals surface area contributed by atoms with E-state index >= 15 is 0 Å². The fourth-order valence-corrected chi connectivity index (χ4v) is 7.81. The quantitative estimate of drug-likeness (QED) is 0.175. The molecule has 50 heavy (non-hydrogen) atoms. The summed E-state index contributed by atoms with van der Waals surface area (Å²) in [6.07, 6.45) is 0. The zero-order chi connectivity index (χ0) is 33.0. The molecule has 1 heterocycles. The van der Waals surface area contributed by atoms with Crippen molar-refractivity contribution in [1.82, 2.24) is 0 Å². The summed E-state index contributed by atoms with van der Waals surface area (Å²) >= 11 is 0. The van der Waals surface area contributed by atoms with Gasteiger partial charge in [-0.2, -0.15) is 0 Å². The lowest BCUT2D eigenvalue weighted by atomic mass is 9.94. The van der Waals surface area contributed by atoms with E-state index in [0.29, 0.717) is 0 Å². The van der Waals surface area contributed by atoms with E-state index in [2.05, 4.69) is 193 Å². The molecule has 2 heteroatoms. The van der Waals surface area contributed by atoms with E-state index in [1.54, 1.807) is 0 Å². The molecule has 0 saturated carbocycles. The summed E-state index contributed by atoms with van der Waals surface area (Å²) in [6, 6.07) is 67.4. The van der Waals surface area contributed by atoms with Crippen LogP contribution in [-0.2, 0) is 0 Å². The van der Waals surface area contributed by atoms with Gasteiger partial charge in [-0.3, -0.25) is 0 Å². The number of hydrogen-bond donors (Lipinski definition) is 0. The van der Waals surface area contributed by atoms with Gasteiger partial charge in [0.25, 0.3) is 0 Å². The van der Waals surface area contributed by atoms with Gasteiger partial charge in [0.1, 0.15) is 11.2 Å². The van der Waals surface area contributed by atoms with Gasteiger partial charge < -0.3 is 9.32 Å². The highest BCUT2D eigenvalue weighted by Gasteiger charge is 2.25. The molecular formula is C48H31NO. The van der Waals surface area contributed by atoms with Crippen LogP contribution >= 0.6 is 0 Å². The molecule has 0 bridgehead atoms. The minimum Gasteiger partial charge on any atom is -0.455 e. The Balaban J connectivity index is 1.36. The van der Waals surface area contributed by atoms with Crippen molar-refractivity contribution in [2.75, 3.05) is 4.90 Å². The van der Waals surface area contributed by atoms with E-state index in [1.165, 1.54) is 37.9 Å². The second-order valence-electron chi connectivity index (χ2n) is 12.8. The van der Waals surface area contributed by atoms with E-state index in [9.17, 15) is 0 Å². The molecule has 2 nitrogen and oxygen atoms in total. The Morgan fingerprint density at radius 3 is 1.78 bits per heavy atom. The van der Waals surface area contributed by atoms with Crippen molar-refractivity contribution >= 4 is 71.3 Å². The SMILES string of the molecule is c1ccc(-c2ccccc2N(c2cccc3ccc4ccccc4c23)c2ccc(-c3cccc4ccccc34)c3oc4ccccc4c23)cc1. The molecule has 10 rings (SSSR count). The molecule has 0 unspecified atom stereocenters. The normalized spacial score (nSPS) is 11.6. The van der Waals surface area contributed by atoms with Crippen molar-refractivity contribution in [2.24, 2.45) is 0 Å². The van der Waals surface area contributed by atoms with E-state index in [-0.39, 0.29) is 0 Å². The van der Waals surface area contributed by atoms with Crippen LogP contribution in [0.25, 0.3) is 76.5 Å². The van der Waals surface area contributed by atoms with Crippen LogP contribution in [0.15, 0.2) is 192 Å². The van der Waals surface area contributed by atoms with Crippen LogP contribution in [0.3, 0.4) is 0 Å². The number of hydrogen-bond acceptors (Lipinski definition) is 2. The molecule has 0 fully saturated rings. The fraction of sp³-hybridized carbons (Fsp3) is 0. The van der Waals surface area contributed by atoms with E-state index in [4.69, 9.17) is 4.42 Å². The number of furan rings is 1. The van der Waals surface area contributed by atoms with Crippen molar-refractivity contribution in [3.05, 3.63) is 188 Å². The van der Waals surface area contributed by atoms with Gasteiger partial charge in [0.2, 0.25) is 0 Å². The Labute approximate surface area is 290 Å². The van der Waals surface area contributed by atoms with Crippen LogP contribution in [0.1, 0.15) is 0 Å². The summed E-state index contributed by atoms with van der Waals surface area (Å²) in [5.74, 6) is 0. The number of anilines is 3. The molecular weight excluding hydrogens is 607 g/mol. The molecule has 0 N–H and O–H groups in total. The Morgan fingerprint density at radius 2 is 0.900 bits per heavy atom. The molecule has 0 aliphatic carbocycles. The average molecular weight is 638 g/mol. The summed E-state index contributed by atoms with van der Waals surface area (Å²) in [5, 5.41) is 9.45. The monoisotopic (exact) mass is 637 g/mol. The average Bonchev–Trinajstić information content (AvgIpc) is 3.58. The second kappa shape index (κ2) is 11.5. The summed E-state index contributed by atoms with van der Waals surface area (Å²) in [6.45, 7) is 0. The second-order valence-corrected chi connectivity index (χ2v) is 12.8. The summed E-state index contributed by atoms with van der Waals surface area (Å²) in [7, 11) is 0. The highest BCUT2D eigenvalue weighted by molar-refractivity contribution is 6.21. The first-order chi connectivity index (χ1) is 24.8. The van der Waals surface area contributed by atoms with E-state index < -0.39 is 0 Å². The van der Waals surface area contributed by atoms with Gasteiger partial charge >= 0.3 is 0 Å². The molecule has 234 valence electrons. The van der Waals surface area contributed by atoms with Crippen LogP contribution in [0.4, 0.5) is 17.1 Å². The first kappa shape index (κ1) is 28.4. The Morgan fingerprint density at radius 1 is 0.320 bits per heavy atom. The first-order valence-electron chi connectivity index (χ1n) is 17.1. The Bertz CT molecular complexity index is 2880. The minimum absolute atomic E-state index is 0.871. The lowest BCUT2D eigenvalue weighted by molar-refractivity contribution is 0.670. The van der Waals surface area contributed by atoms with Gasteiger partial charge in [-0.25, -0.2) is 0 Å². The van der Waals surface area contributed by atoms with Crippen molar-refractivity contribution in [2.45, 2.75) is 0 Å². The molecule has 0 atom stereocenters. The van der Waals surface area contributed by atoms with Gasteiger partial charge in [-0.05, 0) is 68.4 Å². The van der Waals surface area contributed by atoms with Crippen molar-refractivity contribution in [3.8, 4) is 22.3 Å². The number of nitrogens with zero attached hydrogens (tertiary/aromatic N) is 1. The summed E-state index contributed by atoms with van der Waals surface area (Å²) < 4.78 is 6.90. The Hall–Kier alpha value is -6.64. The van der Waals surface area contributed by atoms with Crippen molar-refractivity contribution < 1.29 is 4.42 Å². The third-order valence-corrected chi connectivity index (χ3v) is 10.0. The smallest absolute Gasteiger partial charge is 0.145 e. The van der Waals surface area contributed by atoms with Gasteiger partial charge in [0.15, 0.2) is 0 Å². The van der Waals surface area contributed by atoms with E-state index in [1.807, 2.05) is 0 Å². The van der Waals surface area contributed by atoms with Crippen LogP contribution in [0, 0.1) is 0 Å². The molecule has 0 aliphatic rings. The van der Waals surface area contributed by atoms with Crippen molar-refractivity contribution in [1.29, 1.82) is 0 Å². The maximum absolute atomic E-state index is 6.90. The lowest BCUT2D eigenvalue weighted by Gasteiger charge is -2.30. The molecule has 1 aromatic heterocycles. The standard InChI is InChI=1S/C48H31NO/c1-2-14-33(15-3-1)37-21-8-10-25-42(37)49(43-26-13-19-35-29-28-34-17-5-7-22-38(34)46(35)43)44-31-30-40(39-24-12-18-32-16-4-6-20-36(32)39)48-47(44)41-23-9-11-27-45(41)50-48/h1-31H. The minimum atomic E-state index is 0.871. The molecule has 0 radical (unpaired) electrons. The van der Waals surface area contributed by atoms with Gasteiger partial charge in [-0.15, -0.1) is 0 Å². The van der Waals surface area contributed by atoms with Crippen LogP contribution < -0.4 is 4.90 Å². The predicted molar refractivity (Wildman–Crippen MR) is 212 cm³/mol. The maximum atomic E-state index is 6.90. The topological polar surface area (TPSA) is 16.4 Å². The molecule has 0 amide bonds. The van der Waals surface area contributed by atoms with Crippen LogP contribution in [0.5, 0.6) is 0 Å². The van der Waals surface area contributed by atoms with Crippen LogP contribution in [0.2, 0.25) is 0 Å². The zero-order valence-corrected chi connectivity index (χ0v) is 27.3. The molecule has 0 saturated heterocycles. The Kier molecular flexibility index (Phi) is 6.53. The summed E-state index contributed by atoms with van der Waals surface area (Å²) in [5.41, 5.74) is 9.60. The van der Waals surface area contributed by atoms with Gasteiger partial charge in [0, 0.05) is 21.9 Å². The first-order valence-corrected chi connectivity index (χ1v) is 17.1. The zero-order valence-electron chi connectivity index (χ0n) is 27.3. The number of rotatable bonds is 5. The molecule has 10 aromatic rings. The highest BCUT2D eigenvalue weighted by Crippen LogP contribution is 2.50. The number of benzene rings is 9. The number of fused-ring (bicyclic) bond motifs is 7. The fourth-order valence-electron chi connectivity index (χ4n) is 7.81. The maximum Gasteiger partial charge on any atom is 0.145 e.